The molecule has 5 heteroatoms. The molecule has 92 valence electrons. The molecule has 0 aliphatic heterocycles. The van der Waals surface area contributed by atoms with Crippen molar-refractivity contribution in [3.8, 4) is 0 Å². The van der Waals surface area contributed by atoms with Crippen LogP contribution in [0.25, 0.3) is 5.65 Å². The van der Waals surface area contributed by atoms with Gasteiger partial charge in [-0.1, -0.05) is 17.7 Å². The molecule has 1 unspecified atom stereocenters. The van der Waals surface area contributed by atoms with Crippen molar-refractivity contribution in [1.29, 1.82) is 0 Å². The van der Waals surface area contributed by atoms with Crippen LogP contribution in [0.1, 0.15) is 19.0 Å². The number of rotatable bonds is 5. The molecule has 0 aliphatic rings. The lowest BCUT2D eigenvalue weighted by Gasteiger charge is -2.06. The van der Waals surface area contributed by atoms with Gasteiger partial charge in [0.15, 0.2) is 5.15 Å². The average Bonchev–Trinajstić information content (AvgIpc) is 2.60. The van der Waals surface area contributed by atoms with E-state index in [1.54, 1.807) is 6.92 Å². The van der Waals surface area contributed by atoms with E-state index >= 15 is 0 Å². The van der Waals surface area contributed by atoms with Crippen LogP contribution in [0.4, 0.5) is 0 Å². The van der Waals surface area contributed by atoms with Crippen molar-refractivity contribution in [2.24, 2.45) is 0 Å². The van der Waals surface area contributed by atoms with E-state index in [2.05, 4.69) is 10.3 Å². The Bertz CT molecular complexity index is 495. The number of nitrogens with one attached hydrogen (secondary N) is 1. The molecular weight excluding hydrogens is 238 g/mol. The zero-order valence-electron chi connectivity index (χ0n) is 9.73. The first-order valence-corrected chi connectivity index (χ1v) is 6.06. The average molecular weight is 254 g/mol. The Kier molecular flexibility index (Phi) is 3.99. The van der Waals surface area contributed by atoms with Gasteiger partial charge in [0.1, 0.15) is 5.65 Å². The highest BCUT2D eigenvalue weighted by Crippen LogP contribution is 2.17. The highest BCUT2D eigenvalue weighted by molar-refractivity contribution is 6.30. The zero-order chi connectivity index (χ0) is 12.3. The monoisotopic (exact) mass is 253 g/mol. The number of aliphatic hydroxyl groups excluding tert-OH is 1. The van der Waals surface area contributed by atoms with E-state index in [-0.39, 0.29) is 6.10 Å². The molecule has 2 N–H and O–H groups in total. The molecule has 17 heavy (non-hydrogen) atoms. The normalized spacial score (nSPS) is 13.1. The predicted molar refractivity (Wildman–Crippen MR) is 68.2 cm³/mol. The summed E-state index contributed by atoms with van der Waals surface area (Å²) in [4.78, 5) is 4.27. The van der Waals surface area contributed by atoms with E-state index in [0.29, 0.717) is 11.7 Å². The molecule has 0 spiro atoms. The maximum atomic E-state index is 9.15. The van der Waals surface area contributed by atoms with Gasteiger partial charge in [0.25, 0.3) is 0 Å². The second kappa shape index (κ2) is 5.49. The Labute approximate surface area is 105 Å². The lowest BCUT2D eigenvalue weighted by molar-refractivity contribution is 0.183. The fraction of sp³-hybridized carbons (Fsp3) is 0.417. The topological polar surface area (TPSA) is 49.6 Å². The van der Waals surface area contributed by atoms with Gasteiger partial charge < -0.3 is 14.8 Å². The summed E-state index contributed by atoms with van der Waals surface area (Å²) in [5, 5.41) is 12.9. The number of aromatic nitrogens is 2. The zero-order valence-corrected chi connectivity index (χ0v) is 10.5. The van der Waals surface area contributed by atoms with E-state index in [1.807, 2.05) is 28.8 Å². The van der Waals surface area contributed by atoms with Crippen LogP contribution < -0.4 is 5.32 Å². The van der Waals surface area contributed by atoms with E-state index in [9.17, 15) is 0 Å². The molecule has 0 saturated carbocycles. The second-order valence-corrected chi connectivity index (χ2v) is 4.45. The van der Waals surface area contributed by atoms with Crippen LogP contribution in [0.2, 0.25) is 5.15 Å². The van der Waals surface area contributed by atoms with Gasteiger partial charge in [-0.25, -0.2) is 4.98 Å². The maximum absolute atomic E-state index is 9.15. The summed E-state index contributed by atoms with van der Waals surface area (Å²) in [6, 6.07) is 5.80. The summed E-state index contributed by atoms with van der Waals surface area (Å²) >= 11 is 6.09. The van der Waals surface area contributed by atoms with Crippen molar-refractivity contribution in [3.05, 3.63) is 35.2 Å². The molecule has 1 atom stereocenters. The van der Waals surface area contributed by atoms with Gasteiger partial charge in [0.2, 0.25) is 0 Å². The number of nitrogens with zero attached hydrogens (tertiary/aromatic N) is 2. The molecule has 0 fully saturated rings. The van der Waals surface area contributed by atoms with E-state index in [4.69, 9.17) is 16.7 Å². The minimum Gasteiger partial charge on any atom is -0.393 e. The standard InChI is InChI=1S/C12H16ClN3O/c1-9(17)5-6-14-8-10-12(13)15-11-4-2-3-7-16(10)11/h2-4,7,9,14,17H,5-6,8H2,1H3. The minimum atomic E-state index is -0.278. The van der Waals surface area contributed by atoms with Gasteiger partial charge in [-0.3, -0.25) is 0 Å². The number of hydrogen-bond acceptors (Lipinski definition) is 3. The van der Waals surface area contributed by atoms with Crippen molar-refractivity contribution in [3.63, 3.8) is 0 Å². The molecule has 0 bridgehead atoms. The highest BCUT2D eigenvalue weighted by Gasteiger charge is 2.08. The van der Waals surface area contributed by atoms with Crippen LogP contribution >= 0.6 is 11.6 Å². The Morgan fingerprint density at radius 2 is 2.35 bits per heavy atom. The minimum absolute atomic E-state index is 0.278. The number of imidazole rings is 1. The molecule has 0 amide bonds. The SMILES string of the molecule is CC(O)CCNCc1c(Cl)nc2ccccn12. The second-order valence-electron chi connectivity index (χ2n) is 4.09. The van der Waals surface area contributed by atoms with Gasteiger partial charge in [-0.2, -0.15) is 0 Å². The van der Waals surface area contributed by atoms with Gasteiger partial charge in [-0.15, -0.1) is 0 Å². The van der Waals surface area contributed by atoms with Gasteiger partial charge in [0.05, 0.1) is 11.8 Å². The van der Waals surface area contributed by atoms with Crippen molar-refractivity contribution >= 4 is 17.2 Å². The van der Waals surface area contributed by atoms with Crippen molar-refractivity contribution < 1.29 is 5.11 Å². The van der Waals surface area contributed by atoms with Crippen molar-refractivity contribution in [1.82, 2.24) is 14.7 Å². The lowest BCUT2D eigenvalue weighted by atomic mass is 10.3. The van der Waals surface area contributed by atoms with Crippen LogP contribution in [-0.4, -0.2) is 27.1 Å². The Balaban J connectivity index is 2.05. The molecule has 2 aromatic rings. The summed E-state index contributed by atoms with van der Waals surface area (Å²) < 4.78 is 1.97. The molecular formula is C12H16ClN3O. The summed E-state index contributed by atoms with van der Waals surface area (Å²) in [6.07, 6.45) is 2.40. The van der Waals surface area contributed by atoms with Crippen molar-refractivity contribution in [2.45, 2.75) is 26.0 Å². The van der Waals surface area contributed by atoms with Crippen molar-refractivity contribution in [2.75, 3.05) is 6.54 Å². The largest absolute Gasteiger partial charge is 0.393 e. The number of fused-ring (bicyclic) bond motifs is 1. The Hall–Kier alpha value is -1.10. The van der Waals surface area contributed by atoms with Gasteiger partial charge >= 0.3 is 0 Å². The molecule has 0 aromatic carbocycles. The van der Waals surface area contributed by atoms with Gasteiger partial charge in [0, 0.05) is 12.7 Å². The van der Waals surface area contributed by atoms with E-state index in [1.165, 1.54) is 0 Å². The van der Waals surface area contributed by atoms with Crippen LogP contribution in [-0.2, 0) is 6.54 Å². The molecule has 2 heterocycles. The smallest absolute Gasteiger partial charge is 0.152 e. The molecule has 2 rings (SSSR count). The fourth-order valence-corrected chi connectivity index (χ4v) is 1.94. The lowest BCUT2D eigenvalue weighted by Crippen LogP contribution is -2.19. The highest BCUT2D eigenvalue weighted by atomic mass is 35.5. The Morgan fingerprint density at radius 3 is 3.12 bits per heavy atom. The van der Waals surface area contributed by atoms with E-state index in [0.717, 1.165) is 24.3 Å². The summed E-state index contributed by atoms with van der Waals surface area (Å²) in [5.41, 5.74) is 1.80. The number of pyridine rings is 1. The van der Waals surface area contributed by atoms with Crippen LogP contribution in [0, 0.1) is 0 Å². The summed E-state index contributed by atoms with van der Waals surface area (Å²) in [5.74, 6) is 0. The van der Waals surface area contributed by atoms with Crippen LogP contribution in [0.5, 0.6) is 0 Å². The van der Waals surface area contributed by atoms with Crippen LogP contribution in [0.3, 0.4) is 0 Å². The predicted octanol–water partition coefficient (Wildman–Crippen LogP) is 1.85. The third-order valence-electron chi connectivity index (χ3n) is 2.61. The molecule has 0 aliphatic carbocycles. The third kappa shape index (κ3) is 2.97. The first-order valence-electron chi connectivity index (χ1n) is 5.68. The summed E-state index contributed by atoms with van der Waals surface area (Å²) in [6.45, 7) is 3.19. The number of hydrogen-bond donors (Lipinski definition) is 2. The maximum Gasteiger partial charge on any atom is 0.152 e. The first-order chi connectivity index (χ1) is 8.18. The van der Waals surface area contributed by atoms with Crippen LogP contribution in [0.15, 0.2) is 24.4 Å². The number of aliphatic hydroxyl groups is 1. The third-order valence-corrected chi connectivity index (χ3v) is 2.91. The van der Waals surface area contributed by atoms with E-state index < -0.39 is 0 Å². The fourth-order valence-electron chi connectivity index (χ4n) is 1.69. The Morgan fingerprint density at radius 1 is 1.53 bits per heavy atom. The molecule has 4 nitrogen and oxygen atoms in total. The summed E-state index contributed by atoms with van der Waals surface area (Å²) in [7, 11) is 0. The molecule has 2 aromatic heterocycles. The molecule has 0 saturated heterocycles. The molecule has 0 radical (unpaired) electrons. The van der Waals surface area contributed by atoms with Gasteiger partial charge in [-0.05, 0) is 32.0 Å². The first kappa shape index (κ1) is 12.4. The quantitative estimate of drug-likeness (QED) is 0.800. The number of halogens is 1.